The molecule has 8 atom stereocenters. The lowest BCUT2D eigenvalue weighted by Gasteiger charge is -2.33. The molecule has 11 N–H and O–H groups in total. The van der Waals surface area contributed by atoms with Gasteiger partial charge in [-0.2, -0.15) is 0 Å². The minimum Gasteiger partial charge on any atom is -0.396 e. The molecule has 0 unspecified atom stereocenters. The van der Waals surface area contributed by atoms with Crippen LogP contribution in [0, 0.1) is 71.4 Å². The maximum Gasteiger partial charge on any atom is 0.0639 e. The van der Waals surface area contributed by atoms with E-state index in [0.717, 1.165) is 44.9 Å². The van der Waals surface area contributed by atoms with Gasteiger partial charge in [0.15, 0.2) is 0 Å². The summed E-state index contributed by atoms with van der Waals surface area (Å²) in [5, 5.41) is 97.5. The zero-order valence-electron chi connectivity index (χ0n) is 66.3. The summed E-state index contributed by atoms with van der Waals surface area (Å²) in [6.07, 6.45) is 5.39. The van der Waals surface area contributed by atoms with Gasteiger partial charge in [-0.3, -0.25) is 0 Å². The van der Waals surface area contributed by atoms with E-state index in [9.17, 15) is 15.3 Å². The fourth-order valence-corrected chi connectivity index (χ4v) is 4.49. The molecule has 0 aliphatic rings. The van der Waals surface area contributed by atoms with E-state index in [1.54, 1.807) is 13.8 Å². The second-order valence-electron chi connectivity index (χ2n) is 37.0. The number of rotatable bonds is 9. The minimum absolute atomic E-state index is 0.00694. The van der Waals surface area contributed by atoms with E-state index in [0.29, 0.717) is 49.1 Å². The maximum absolute atomic E-state index is 9.35. The zero-order valence-corrected chi connectivity index (χ0v) is 66.3. The van der Waals surface area contributed by atoms with E-state index < -0.39 is 5.60 Å². The predicted molar refractivity (Wildman–Crippen MR) is 379 cm³/mol. The fourth-order valence-electron chi connectivity index (χ4n) is 4.49. The maximum atomic E-state index is 9.35. The SMILES string of the molecule is CC(C)(C)C(C)(C)O.CC(C)(C)CCCO.CC(C)(C)CCO.CC[C@@H](O)C(C)(C)C.CC[C@H](O)C(C)(C)C.C[C@@H](CO)C(C)(C)C.C[C@@H](O)C(C)(C)C.C[C@@H](O)CC(C)(C)C.C[C@H](CO)C(C)(C)C.C[C@H](O)C(C)(C)C.C[C@H](O)CC(C)(C)C. The normalized spacial score (nSPS) is 15.3. The van der Waals surface area contributed by atoms with Crippen molar-refractivity contribution in [2.75, 3.05) is 26.4 Å². The van der Waals surface area contributed by atoms with Gasteiger partial charge in [0.25, 0.3) is 0 Å². The fraction of sp³-hybridized carbons (Fsp3) is 1.00. The lowest BCUT2D eigenvalue weighted by atomic mass is 9.79. The summed E-state index contributed by atoms with van der Waals surface area (Å²) in [5.41, 5.74) is 1.42. The summed E-state index contributed by atoms with van der Waals surface area (Å²) in [4.78, 5) is 0. The van der Waals surface area contributed by atoms with Gasteiger partial charge in [0.2, 0.25) is 0 Å². The van der Waals surface area contributed by atoms with Crippen molar-refractivity contribution < 1.29 is 56.2 Å². The molecule has 0 aliphatic carbocycles. The highest BCUT2D eigenvalue weighted by atomic mass is 16.3. The summed E-state index contributed by atoms with van der Waals surface area (Å²) in [6, 6.07) is 0. The Morgan fingerprint density at radius 2 is 0.494 bits per heavy atom. The van der Waals surface area contributed by atoms with Crippen LogP contribution in [0.1, 0.15) is 343 Å². The Labute approximate surface area is 536 Å². The van der Waals surface area contributed by atoms with Crippen LogP contribution in [0.15, 0.2) is 0 Å². The molecule has 0 aromatic rings. The summed E-state index contributed by atoms with van der Waals surface area (Å²) in [7, 11) is 0. The Balaban J connectivity index is -0.0000000788. The van der Waals surface area contributed by atoms with E-state index in [4.69, 9.17) is 40.9 Å². The van der Waals surface area contributed by atoms with Crippen LogP contribution in [-0.2, 0) is 0 Å². The third-order valence-corrected chi connectivity index (χ3v) is 14.4. The van der Waals surface area contributed by atoms with Crippen molar-refractivity contribution in [3.8, 4) is 0 Å². The molecule has 85 heavy (non-hydrogen) atoms. The van der Waals surface area contributed by atoms with Crippen molar-refractivity contribution in [3.63, 3.8) is 0 Å². The van der Waals surface area contributed by atoms with Crippen LogP contribution in [0.25, 0.3) is 0 Å². The molecule has 0 radical (unpaired) electrons. The van der Waals surface area contributed by atoms with Gasteiger partial charge in [0.05, 0.1) is 42.2 Å². The molecule has 0 rings (SSSR count). The van der Waals surface area contributed by atoms with Crippen LogP contribution in [0.2, 0.25) is 0 Å². The second-order valence-corrected chi connectivity index (χ2v) is 37.0. The Hall–Kier alpha value is -0.440. The molecule has 0 aromatic carbocycles. The standard InChI is InChI=1S/8C7H16O.3C6H14O/c2*1-6(5-8)7(2,3)4;2*1-6(8)5-7(2,3)4;1-6(2,3)7(4,5)8;1-7(2,3)5-4-6-8;2*1-5-6(8)7(2,3)4;1-6(2,3)4-5-7;2*1-5(7)6(2,3)4/h4*6,8H,5H2,1-4H3;8H,1-5H3;8H,4-6H2,1-3H3;2*6,8H,5H2,1-4H3;7H,4-5H2,1-3H3;2*5,7H,1-4H3/t4*6-;;;2*6-;;2*5-/m1010..10.10/s1. The van der Waals surface area contributed by atoms with E-state index in [2.05, 4.69) is 138 Å². The van der Waals surface area contributed by atoms with Gasteiger partial charge in [0, 0.05) is 26.4 Å². The van der Waals surface area contributed by atoms with Crippen molar-refractivity contribution >= 4 is 0 Å². The molecule has 532 valence electrons. The number of hydrogen-bond acceptors (Lipinski definition) is 11. The highest BCUT2D eigenvalue weighted by Gasteiger charge is 2.29. The van der Waals surface area contributed by atoms with Crippen LogP contribution in [0.3, 0.4) is 0 Å². The number of aliphatic hydroxyl groups is 11. The van der Waals surface area contributed by atoms with Crippen molar-refractivity contribution in [1.29, 1.82) is 0 Å². The monoisotopic (exact) mass is 1240 g/mol. The molecule has 11 nitrogen and oxygen atoms in total. The molecule has 0 bridgehead atoms. The van der Waals surface area contributed by atoms with Crippen LogP contribution < -0.4 is 0 Å². The minimum atomic E-state index is -0.562. The average molecular weight is 1240 g/mol. The molecule has 0 amide bonds. The predicted octanol–water partition coefficient (Wildman–Crippen LogP) is 18.4. The summed E-state index contributed by atoms with van der Waals surface area (Å²) < 4.78 is 0. The van der Waals surface area contributed by atoms with Crippen molar-refractivity contribution in [3.05, 3.63) is 0 Å². The Morgan fingerprint density at radius 3 is 0.506 bits per heavy atom. The van der Waals surface area contributed by atoms with Crippen LogP contribution in [0.5, 0.6) is 0 Å². The van der Waals surface area contributed by atoms with Crippen LogP contribution in [-0.4, -0.2) is 125 Å². The van der Waals surface area contributed by atoms with E-state index in [1.807, 2.05) is 145 Å². The lowest BCUT2D eigenvalue weighted by molar-refractivity contribution is -0.0239. The first-order valence-electron chi connectivity index (χ1n) is 32.8. The summed E-state index contributed by atoms with van der Waals surface area (Å²) >= 11 is 0. The van der Waals surface area contributed by atoms with Crippen molar-refractivity contribution in [2.24, 2.45) is 71.4 Å². The molecule has 11 heteroatoms. The summed E-state index contributed by atoms with van der Waals surface area (Å²) in [6.45, 7) is 89.1. The van der Waals surface area contributed by atoms with E-state index in [1.165, 1.54) is 0 Å². The highest BCUT2D eigenvalue weighted by molar-refractivity contribution is 4.81. The number of hydrogen-bond donors (Lipinski definition) is 11. The average Bonchev–Trinajstić information content (AvgIpc) is 3.21. The molecular weight excluding hydrogens is 1060 g/mol. The van der Waals surface area contributed by atoms with Gasteiger partial charge in [-0.1, -0.05) is 256 Å². The highest BCUT2D eigenvalue weighted by Crippen LogP contribution is 2.29. The molecule has 0 aliphatic heterocycles. The topological polar surface area (TPSA) is 223 Å². The first-order chi connectivity index (χ1) is 36.5. The molecular formula is C74H170O11. The second kappa shape index (κ2) is 50.2. The van der Waals surface area contributed by atoms with Crippen molar-refractivity contribution in [1.82, 2.24) is 0 Å². The lowest BCUT2D eigenvalue weighted by Crippen LogP contribution is -2.35. The Bertz CT molecular complexity index is 1240. The molecule has 0 spiro atoms. The van der Waals surface area contributed by atoms with Gasteiger partial charge in [0.1, 0.15) is 0 Å². The van der Waals surface area contributed by atoms with Crippen LogP contribution >= 0.6 is 0 Å². The zero-order chi connectivity index (χ0) is 72.4. The summed E-state index contributed by atoms with van der Waals surface area (Å²) in [5.74, 6) is 0.810. The van der Waals surface area contributed by atoms with E-state index in [-0.39, 0.29) is 85.4 Å². The Morgan fingerprint density at radius 1 is 0.294 bits per heavy atom. The Kier molecular flexibility index (Phi) is 64.4. The first kappa shape index (κ1) is 109. The van der Waals surface area contributed by atoms with Gasteiger partial charge in [-0.15, -0.1) is 0 Å². The third kappa shape index (κ3) is 109. The molecule has 0 saturated heterocycles. The number of aliphatic hydroxyl groups excluding tert-OH is 10. The largest absolute Gasteiger partial charge is 0.396 e. The van der Waals surface area contributed by atoms with Gasteiger partial charge >= 0.3 is 0 Å². The van der Waals surface area contributed by atoms with Crippen LogP contribution in [0.4, 0.5) is 0 Å². The first-order valence-corrected chi connectivity index (χ1v) is 32.8. The quantitative estimate of drug-likeness (QED) is 0.104. The molecule has 0 saturated carbocycles. The van der Waals surface area contributed by atoms with Crippen molar-refractivity contribution in [2.45, 2.75) is 385 Å². The smallest absolute Gasteiger partial charge is 0.0639 e. The van der Waals surface area contributed by atoms with Gasteiger partial charge < -0.3 is 56.2 Å². The third-order valence-electron chi connectivity index (χ3n) is 14.4. The van der Waals surface area contributed by atoms with Gasteiger partial charge in [-0.05, 0) is 158 Å². The van der Waals surface area contributed by atoms with E-state index >= 15 is 0 Å². The van der Waals surface area contributed by atoms with Gasteiger partial charge in [-0.25, -0.2) is 0 Å². The molecule has 0 aromatic heterocycles. The molecule has 0 heterocycles. The molecule has 0 fully saturated rings.